The lowest BCUT2D eigenvalue weighted by Crippen LogP contribution is -2.47. The van der Waals surface area contributed by atoms with E-state index in [1.54, 1.807) is 12.1 Å². The fourth-order valence-corrected chi connectivity index (χ4v) is 2.19. The number of anilines is 1. The summed E-state index contributed by atoms with van der Waals surface area (Å²) in [6.07, 6.45) is -3.79. The average molecular weight is 288 g/mol. The van der Waals surface area contributed by atoms with Gasteiger partial charge in [-0.3, -0.25) is 4.79 Å². The maximum atomic E-state index is 12.0. The van der Waals surface area contributed by atoms with Crippen molar-refractivity contribution in [1.29, 1.82) is 0 Å². The molecule has 2 rings (SSSR count). The van der Waals surface area contributed by atoms with E-state index in [4.69, 9.17) is 5.73 Å². The van der Waals surface area contributed by atoms with Crippen molar-refractivity contribution in [3.8, 4) is 0 Å². The zero-order chi connectivity index (χ0) is 14.8. The predicted octanol–water partition coefficient (Wildman–Crippen LogP) is 1.48. The Kier molecular flexibility index (Phi) is 4.29. The minimum absolute atomic E-state index is 0.225. The van der Waals surface area contributed by atoms with E-state index in [2.05, 4.69) is 4.74 Å². The molecule has 0 aromatic heterocycles. The second-order valence-corrected chi connectivity index (χ2v) is 4.71. The molecule has 20 heavy (non-hydrogen) atoms. The van der Waals surface area contributed by atoms with Crippen LogP contribution in [0.2, 0.25) is 0 Å². The van der Waals surface area contributed by atoms with E-state index < -0.39 is 25.3 Å². The van der Waals surface area contributed by atoms with Gasteiger partial charge < -0.3 is 15.4 Å². The molecule has 4 nitrogen and oxygen atoms in total. The van der Waals surface area contributed by atoms with Crippen molar-refractivity contribution >= 4 is 11.6 Å². The van der Waals surface area contributed by atoms with Crippen molar-refractivity contribution in [3.63, 3.8) is 0 Å². The molecule has 110 valence electrons. The highest BCUT2D eigenvalue weighted by Crippen LogP contribution is 2.26. The van der Waals surface area contributed by atoms with E-state index in [0.29, 0.717) is 12.1 Å². The molecule has 0 fully saturated rings. The number of carbonyl (C=O) groups excluding carboxylic acids is 1. The molecule has 0 aliphatic carbocycles. The van der Waals surface area contributed by atoms with Crippen molar-refractivity contribution in [1.82, 2.24) is 0 Å². The smallest absolute Gasteiger partial charge is 0.362 e. The lowest BCUT2D eigenvalue weighted by atomic mass is 9.98. The lowest BCUT2D eigenvalue weighted by molar-refractivity contribution is -0.175. The number of hydrogen-bond acceptors (Lipinski definition) is 3. The van der Waals surface area contributed by atoms with Crippen LogP contribution >= 0.6 is 0 Å². The van der Waals surface area contributed by atoms with Crippen molar-refractivity contribution in [2.75, 3.05) is 24.7 Å². The third-order valence-corrected chi connectivity index (χ3v) is 2.97. The van der Waals surface area contributed by atoms with Gasteiger partial charge in [0.25, 0.3) is 5.91 Å². The van der Waals surface area contributed by atoms with Crippen LogP contribution in [0, 0.1) is 0 Å². The second kappa shape index (κ2) is 5.80. The number of benzene rings is 1. The first-order valence-electron chi connectivity index (χ1n) is 6.15. The van der Waals surface area contributed by atoms with Crippen LogP contribution in [-0.4, -0.2) is 37.9 Å². The summed E-state index contributed by atoms with van der Waals surface area (Å²) in [6.45, 7) is -1.76. The van der Waals surface area contributed by atoms with E-state index >= 15 is 0 Å². The Hall–Kier alpha value is -1.60. The van der Waals surface area contributed by atoms with Crippen LogP contribution in [0.5, 0.6) is 0 Å². The van der Waals surface area contributed by atoms with Gasteiger partial charge in [-0.25, -0.2) is 0 Å². The number of amides is 1. The number of nitrogens with two attached hydrogens (primary N) is 1. The minimum atomic E-state index is -4.43. The predicted molar refractivity (Wildman–Crippen MR) is 67.3 cm³/mol. The normalized spacial score (nSPS) is 18.8. The molecular weight excluding hydrogens is 273 g/mol. The van der Waals surface area contributed by atoms with Crippen LogP contribution in [-0.2, 0) is 16.0 Å². The van der Waals surface area contributed by atoms with Crippen molar-refractivity contribution in [3.05, 3.63) is 29.8 Å². The quantitative estimate of drug-likeness (QED) is 0.916. The van der Waals surface area contributed by atoms with Gasteiger partial charge in [0.15, 0.2) is 0 Å². The van der Waals surface area contributed by atoms with Crippen LogP contribution in [0.4, 0.5) is 18.9 Å². The fourth-order valence-electron chi connectivity index (χ4n) is 2.19. The largest absolute Gasteiger partial charge is 0.411 e. The van der Waals surface area contributed by atoms with Crippen molar-refractivity contribution < 1.29 is 22.7 Å². The number of rotatable bonds is 3. The molecule has 1 aliphatic heterocycles. The Bertz CT molecular complexity index is 491. The molecular formula is C13H15F3N2O2. The summed E-state index contributed by atoms with van der Waals surface area (Å²) in [5.41, 5.74) is 7.46. The van der Waals surface area contributed by atoms with E-state index in [1.165, 1.54) is 4.90 Å². The number of carbonyl (C=O) groups is 1. The number of fused-ring (bicyclic) bond motifs is 1. The van der Waals surface area contributed by atoms with Crippen molar-refractivity contribution in [2.24, 2.45) is 5.73 Å². The number of nitrogens with zero attached hydrogens (tertiary/aromatic N) is 1. The monoisotopic (exact) mass is 288 g/mol. The molecule has 0 saturated carbocycles. The van der Waals surface area contributed by atoms with Crippen LogP contribution in [0.25, 0.3) is 0 Å². The molecule has 0 radical (unpaired) electrons. The van der Waals surface area contributed by atoms with E-state index in [1.807, 2.05) is 12.1 Å². The van der Waals surface area contributed by atoms with Gasteiger partial charge in [-0.2, -0.15) is 13.2 Å². The maximum Gasteiger partial charge on any atom is 0.411 e. The third kappa shape index (κ3) is 3.71. The molecule has 1 heterocycles. The number of alkyl halides is 3. The first kappa shape index (κ1) is 14.8. The molecule has 0 saturated heterocycles. The van der Waals surface area contributed by atoms with Crippen LogP contribution in [0.3, 0.4) is 0 Å². The van der Waals surface area contributed by atoms with Gasteiger partial charge in [0, 0.05) is 18.3 Å². The molecule has 1 amide bonds. The van der Waals surface area contributed by atoms with Gasteiger partial charge in [-0.05, 0) is 18.1 Å². The molecule has 7 heteroatoms. The van der Waals surface area contributed by atoms with Gasteiger partial charge in [-0.1, -0.05) is 18.2 Å². The summed E-state index contributed by atoms with van der Waals surface area (Å²) in [4.78, 5) is 13.4. The highest BCUT2D eigenvalue weighted by molar-refractivity contribution is 5.95. The van der Waals surface area contributed by atoms with Gasteiger partial charge >= 0.3 is 6.18 Å². The Morgan fingerprint density at radius 3 is 2.80 bits per heavy atom. The Morgan fingerprint density at radius 2 is 2.10 bits per heavy atom. The Labute approximate surface area is 114 Å². The minimum Gasteiger partial charge on any atom is -0.362 e. The SMILES string of the molecule is NC1Cc2ccccc2N(C(=O)COCC(F)(F)F)C1. The Balaban J connectivity index is 2.03. The number of hydrogen-bond donors (Lipinski definition) is 1. The summed E-state index contributed by atoms with van der Waals surface area (Å²) in [5, 5.41) is 0. The first-order chi connectivity index (χ1) is 9.37. The molecule has 1 aromatic carbocycles. The summed E-state index contributed by atoms with van der Waals surface area (Å²) in [6, 6.07) is 6.98. The highest BCUT2D eigenvalue weighted by Gasteiger charge is 2.30. The zero-order valence-corrected chi connectivity index (χ0v) is 10.7. The standard InChI is InChI=1S/C13H15F3N2O2/c14-13(15,16)8-20-7-12(19)18-6-10(17)5-9-3-1-2-4-11(9)18/h1-4,10H,5-8,17H2. The molecule has 1 aliphatic rings. The lowest BCUT2D eigenvalue weighted by Gasteiger charge is -2.33. The second-order valence-electron chi connectivity index (χ2n) is 4.71. The summed E-state index contributed by atoms with van der Waals surface area (Å²) >= 11 is 0. The summed E-state index contributed by atoms with van der Waals surface area (Å²) < 4.78 is 40.3. The first-order valence-corrected chi connectivity index (χ1v) is 6.15. The van der Waals surface area contributed by atoms with Gasteiger partial charge in [0.2, 0.25) is 0 Å². The fraction of sp³-hybridized carbons (Fsp3) is 0.462. The van der Waals surface area contributed by atoms with Gasteiger partial charge in [0.05, 0.1) is 0 Å². The average Bonchev–Trinajstić information content (AvgIpc) is 2.36. The van der Waals surface area contributed by atoms with Gasteiger partial charge in [0.1, 0.15) is 13.2 Å². The molecule has 0 bridgehead atoms. The molecule has 2 N–H and O–H groups in total. The third-order valence-electron chi connectivity index (χ3n) is 2.97. The van der Waals surface area contributed by atoms with E-state index in [9.17, 15) is 18.0 Å². The molecule has 1 unspecified atom stereocenters. The number of halogens is 3. The maximum absolute atomic E-state index is 12.0. The van der Waals surface area contributed by atoms with Crippen LogP contribution in [0.1, 0.15) is 5.56 Å². The topological polar surface area (TPSA) is 55.6 Å². The highest BCUT2D eigenvalue weighted by atomic mass is 19.4. The number of ether oxygens (including phenoxy) is 1. The van der Waals surface area contributed by atoms with Crippen molar-refractivity contribution in [2.45, 2.75) is 18.6 Å². The molecule has 1 aromatic rings. The van der Waals surface area contributed by atoms with E-state index in [-0.39, 0.29) is 12.6 Å². The van der Waals surface area contributed by atoms with Crippen LogP contribution < -0.4 is 10.6 Å². The van der Waals surface area contributed by atoms with Crippen LogP contribution in [0.15, 0.2) is 24.3 Å². The summed E-state index contributed by atoms with van der Waals surface area (Å²) in [7, 11) is 0. The Morgan fingerprint density at radius 1 is 1.40 bits per heavy atom. The molecule has 1 atom stereocenters. The number of para-hydroxylation sites is 1. The molecule has 0 spiro atoms. The van der Waals surface area contributed by atoms with Gasteiger partial charge in [-0.15, -0.1) is 0 Å². The zero-order valence-electron chi connectivity index (χ0n) is 10.7. The van der Waals surface area contributed by atoms with E-state index in [0.717, 1.165) is 5.56 Å². The summed E-state index contributed by atoms with van der Waals surface area (Å²) in [5.74, 6) is -0.517.